The summed E-state index contributed by atoms with van der Waals surface area (Å²) in [4.78, 5) is 16.1. The van der Waals surface area contributed by atoms with Crippen molar-refractivity contribution in [1.82, 2.24) is 10.2 Å². The molecule has 4 nitrogen and oxygen atoms in total. The zero-order chi connectivity index (χ0) is 19.9. The van der Waals surface area contributed by atoms with E-state index in [9.17, 15) is 4.79 Å². The van der Waals surface area contributed by atoms with E-state index in [0.29, 0.717) is 5.92 Å². The second-order valence-corrected chi connectivity index (χ2v) is 8.59. The minimum absolute atomic E-state index is 0.110. The summed E-state index contributed by atoms with van der Waals surface area (Å²) in [5.74, 6) is 0.553. The molecule has 1 saturated heterocycles. The molecule has 0 bridgehead atoms. The van der Waals surface area contributed by atoms with Crippen LogP contribution in [0.2, 0.25) is 0 Å². The fourth-order valence-electron chi connectivity index (χ4n) is 3.88. The normalized spacial score (nSPS) is 15.4. The molecule has 0 unspecified atom stereocenters. The third kappa shape index (κ3) is 6.01. The largest absolute Gasteiger partial charge is 0.338 e. The Morgan fingerprint density at radius 2 is 1.79 bits per heavy atom. The summed E-state index contributed by atoms with van der Waals surface area (Å²) in [6, 6.07) is 14.7. The zero-order valence-corrected chi connectivity index (χ0v) is 17.9. The standard InChI is InChI=1S/C23H31N3OS/c1-17-12-18(2)14-21(13-17)25-23(27)24-15-19-8-10-26(11-9-19)16-20-6-4-5-7-22(20)28-3/h4-7,12-14,19H,8-11,15-16H2,1-3H3,(H2,24,25,27). The van der Waals surface area contributed by atoms with Crippen molar-refractivity contribution in [2.75, 3.05) is 31.2 Å². The fourth-order valence-corrected chi connectivity index (χ4v) is 4.49. The molecule has 2 N–H and O–H groups in total. The maximum absolute atomic E-state index is 12.2. The van der Waals surface area contributed by atoms with Gasteiger partial charge in [0.1, 0.15) is 0 Å². The molecule has 150 valence electrons. The number of benzene rings is 2. The summed E-state index contributed by atoms with van der Waals surface area (Å²) in [5, 5.41) is 6.01. The summed E-state index contributed by atoms with van der Waals surface area (Å²) in [6.07, 6.45) is 4.40. The fraction of sp³-hybridized carbons (Fsp3) is 0.435. The van der Waals surface area contributed by atoms with Gasteiger partial charge in [0, 0.05) is 23.7 Å². The lowest BCUT2D eigenvalue weighted by molar-refractivity contribution is 0.175. The number of piperidine rings is 1. The highest BCUT2D eigenvalue weighted by Crippen LogP contribution is 2.24. The van der Waals surface area contributed by atoms with Gasteiger partial charge >= 0.3 is 6.03 Å². The number of hydrogen-bond donors (Lipinski definition) is 2. The third-order valence-electron chi connectivity index (χ3n) is 5.32. The van der Waals surface area contributed by atoms with Crippen molar-refractivity contribution >= 4 is 23.5 Å². The van der Waals surface area contributed by atoms with E-state index in [-0.39, 0.29) is 6.03 Å². The molecule has 0 radical (unpaired) electrons. The number of rotatable bonds is 6. The lowest BCUT2D eigenvalue weighted by atomic mass is 9.96. The highest BCUT2D eigenvalue weighted by Gasteiger charge is 2.20. The Hall–Kier alpha value is -1.98. The molecule has 1 fully saturated rings. The molecular weight excluding hydrogens is 366 g/mol. The lowest BCUT2D eigenvalue weighted by Gasteiger charge is -2.32. The Balaban J connectivity index is 1.41. The molecule has 2 aromatic rings. The molecule has 1 heterocycles. The highest BCUT2D eigenvalue weighted by molar-refractivity contribution is 7.98. The Bertz CT molecular complexity index is 780. The van der Waals surface area contributed by atoms with Crippen LogP contribution in [0.3, 0.4) is 0 Å². The number of carbonyl (C=O) groups excluding carboxylic acids is 1. The minimum Gasteiger partial charge on any atom is -0.338 e. The number of carbonyl (C=O) groups is 1. The summed E-state index contributed by atoms with van der Waals surface area (Å²) >= 11 is 1.82. The molecular formula is C23H31N3OS. The first kappa shape index (κ1) is 20.7. The first-order valence-electron chi connectivity index (χ1n) is 10.0. The smallest absolute Gasteiger partial charge is 0.319 e. The Morgan fingerprint density at radius 3 is 2.46 bits per heavy atom. The lowest BCUT2D eigenvalue weighted by Crippen LogP contribution is -2.39. The molecule has 0 aromatic heterocycles. The number of aryl methyl sites for hydroxylation is 2. The van der Waals surface area contributed by atoms with E-state index in [2.05, 4.69) is 52.1 Å². The molecule has 1 aliphatic rings. The predicted octanol–water partition coefficient (Wildman–Crippen LogP) is 5.06. The number of hydrogen-bond acceptors (Lipinski definition) is 3. The number of urea groups is 1. The van der Waals surface area contributed by atoms with Crippen LogP contribution in [-0.2, 0) is 6.54 Å². The molecule has 5 heteroatoms. The van der Waals surface area contributed by atoms with E-state index in [1.807, 2.05) is 37.7 Å². The Kier molecular flexibility index (Phi) is 7.40. The summed E-state index contributed by atoms with van der Waals surface area (Å²) < 4.78 is 0. The van der Waals surface area contributed by atoms with Gasteiger partial charge in [-0.25, -0.2) is 4.79 Å². The number of thioether (sulfide) groups is 1. The van der Waals surface area contributed by atoms with Crippen LogP contribution in [0.25, 0.3) is 0 Å². The second-order valence-electron chi connectivity index (χ2n) is 7.74. The van der Waals surface area contributed by atoms with Gasteiger partial charge in [-0.3, -0.25) is 4.90 Å². The van der Waals surface area contributed by atoms with Crippen molar-refractivity contribution in [1.29, 1.82) is 0 Å². The van der Waals surface area contributed by atoms with Crippen molar-refractivity contribution in [2.24, 2.45) is 5.92 Å². The number of nitrogens with one attached hydrogen (secondary N) is 2. The number of nitrogens with zero attached hydrogens (tertiary/aromatic N) is 1. The van der Waals surface area contributed by atoms with Crippen molar-refractivity contribution in [3.8, 4) is 0 Å². The average molecular weight is 398 g/mol. The van der Waals surface area contributed by atoms with Crippen molar-refractivity contribution in [3.63, 3.8) is 0 Å². The van der Waals surface area contributed by atoms with Crippen molar-refractivity contribution in [2.45, 2.75) is 38.1 Å². The predicted molar refractivity (Wildman–Crippen MR) is 119 cm³/mol. The van der Waals surface area contributed by atoms with Crippen LogP contribution >= 0.6 is 11.8 Å². The summed E-state index contributed by atoms with van der Waals surface area (Å²) in [6.45, 7) is 8.03. The van der Waals surface area contributed by atoms with E-state index >= 15 is 0 Å². The molecule has 0 aliphatic carbocycles. The van der Waals surface area contributed by atoms with Gasteiger partial charge in [0.15, 0.2) is 0 Å². The van der Waals surface area contributed by atoms with Crippen LogP contribution in [0.4, 0.5) is 10.5 Å². The van der Waals surface area contributed by atoms with Crippen LogP contribution in [0.15, 0.2) is 47.4 Å². The summed E-state index contributed by atoms with van der Waals surface area (Å²) in [5.41, 5.74) is 4.59. The van der Waals surface area contributed by atoms with Gasteiger partial charge in [0.25, 0.3) is 0 Å². The van der Waals surface area contributed by atoms with E-state index in [1.165, 1.54) is 10.5 Å². The van der Waals surface area contributed by atoms with Gasteiger partial charge in [-0.15, -0.1) is 11.8 Å². The van der Waals surface area contributed by atoms with Crippen LogP contribution in [0.1, 0.15) is 29.5 Å². The first-order valence-corrected chi connectivity index (χ1v) is 11.2. The van der Waals surface area contributed by atoms with Crippen LogP contribution < -0.4 is 10.6 Å². The van der Waals surface area contributed by atoms with E-state index in [1.54, 1.807) is 0 Å². The third-order valence-corrected chi connectivity index (χ3v) is 6.16. The maximum Gasteiger partial charge on any atom is 0.319 e. The Labute approximate surface area is 173 Å². The highest BCUT2D eigenvalue weighted by atomic mass is 32.2. The molecule has 2 aromatic carbocycles. The number of anilines is 1. The molecule has 0 saturated carbocycles. The SMILES string of the molecule is CSc1ccccc1CN1CCC(CNC(=O)Nc2cc(C)cc(C)c2)CC1. The van der Waals surface area contributed by atoms with Gasteiger partial charge in [0.2, 0.25) is 0 Å². The number of likely N-dealkylation sites (tertiary alicyclic amines) is 1. The molecule has 0 atom stereocenters. The molecule has 0 spiro atoms. The van der Waals surface area contributed by atoms with E-state index in [4.69, 9.17) is 0 Å². The minimum atomic E-state index is -0.110. The van der Waals surface area contributed by atoms with Gasteiger partial charge in [-0.2, -0.15) is 0 Å². The Morgan fingerprint density at radius 1 is 1.11 bits per heavy atom. The maximum atomic E-state index is 12.2. The molecule has 1 aliphatic heterocycles. The van der Waals surface area contributed by atoms with Gasteiger partial charge < -0.3 is 10.6 Å². The average Bonchev–Trinajstić information content (AvgIpc) is 2.67. The molecule has 28 heavy (non-hydrogen) atoms. The van der Waals surface area contributed by atoms with Gasteiger partial charge in [-0.05, 0) is 86.8 Å². The van der Waals surface area contributed by atoms with E-state index < -0.39 is 0 Å². The summed E-state index contributed by atoms with van der Waals surface area (Å²) in [7, 11) is 0. The molecule has 2 amide bonds. The zero-order valence-electron chi connectivity index (χ0n) is 17.1. The monoisotopic (exact) mass is 397 g/mol. The number of amides is 2. The van der Waals surface area contributed by atoms with Crippen LogP contribution in [-0.4, -0.2) is 36.8 Å². The topological polar surface area (TPSA) is 44.4 Å². The quantitative estimate of drug-likeness (QED) is 0.670. The van der Waals surface area contributed by atoms with Gasteiger partial charge in [0.05, 0.1) is 0 Å². The first-order chi connectivity index (χ1) is 13.5. The van der Waals surface area contributed by atoms with E-state index in [0.717, 1.165) is 55.8 Å². The second kappa shape index (κ2) is 9.99. The molecule has 3 rings (SSSR count). The van der Waals surface area contributed by atoms with Gasteiger partial charge in [-0.1, -0.05) is 24.3 Å². The van der Waals surface area contributed by atoms with Crippen molar-refractivity contribution < 1.29 is 4.79 Å². The van der Waals surface area contributed by atoms with Crippen molar-refractivity contribution in [3.05, 3.63) is 59.2 Å². The van der Waals surface area contributed by atoms with Crippen LogP contribution in [0.5, 0.6) is 0 Å². The van der Waals surface area contributed by atoms with Crippen LogP contribution in [0, 0.1) is 19.8 Å².